The van der Waals surface area contributed by atoms with Crippen LogP contribution in [0.15, 0.2) is 29.3 Å². The Hall–Kier alpha value is -1.03. The fourth-order valence-corrected chi connectivity index (χ4v) is 3.41. The normalized spacial score (nSPS) is 18.7. The number of thioether (sulfide) groups is 1. The first kappa shape index (κ1) is 14.4. The molecule has 0 aliphatic carbocycles. The van der Waals surface area contributed by atoms with Crippen molar-refractivity contribution in [3.05, 3.63) is 35.6 Å². The van der Waals surface area contributed by atoms with E-state index >= 15 is 0 Å². The Morgan fingerprint density at radius 2 is 2.11 bits per heavy atom. The Labute approximate surface area is 118 Å². The van der Waals surface area contributed by atoms with Crippen molar-refractivity contribution in [3.8, 4) is 0 Å². The van der Waals surface area contributed by atoms with E-state index in [1.165, 1.54) is 18.6 Å². The summed E-state index contributed by atoms with van der Waals surface area (Å²) in [5.41, 5.74) is 1.15. The molecule has 19 heavy (non-hydrogen) atoms. The quantitative estimate of drug-likeness (QED) is 0.893. The smallest absolute Gasteiger partial charge is 0.156 e. The Morgan fingerprint density at radius 3 is 2.79 bits per heavy atom. The van der Waals surface area contributed by atoms with Gasteiger partial charge in [-0.1, -0.05) is 37.7 Å². The molecule has 2 rings (SSSR count). The number of benzene rings is 1. The van der Waals surface area contributed by atoms with E-state index in [2.05, 4.69) is 24.2 Å². The molecule has 4 heteroatoms. The largest absolute Gasteiger partial charge is 0.365 e. The zero-order valence-corrected chi connectivity index (χ0v) is 12.3. The summed E-state index contributed by atoms with van der Waals surface area (Å²) in [5.74, 6) is 0.551. The predicted octanol–water partition coefficient (Wildman–Crippen LogP) is 3.48. The van der Waals surface area contributed by atoms with Crippen LogP contribution in [0, 0.1) is 11.7 Å². The summed E-state index contributed by atoms with van der Waals surface area (Å²) in [6.07, 6.45) is 2.12. The molecule has 0 radical (unpaired) electrons. The van der Waals surface area contributed by atoms with Gasteiger partial charge in [0.2, 0.25) is 0 Å². The molecule has 0 spiro atoms. The molecule has 1 aliphatic heterocycles. The molecule has 0 aromatic heterocycles. The average molecular weight is 280 g/mol. The van der Waals surface area contributed by atoms with E-state index in [0.717, 1.165) is 36.2 Å². The fourth-order valence-electron chi connectivity index (χ4n) is 2.13. The van der Waals surface area contributed by atoms with Crippen LogP contribution < -0.4 is 5.32 Å². The molecule has 1 aliphatic rings. The molecule has 1 aromatic rings. The summed E-state index contributed by atoms with van der Waals surface area (Å²) in [7, 11) is 0. The van der Waals surface area contributed by atoms with Crippen LogP contribution >= 0.6 is 11.8 Å². The Kier molecular flexibility index (Phi) is 5.25. The lowest BCUT2D eigenvalue weighted by Crippen LogP contribution is -2.22. The number of nitrogens with zero attached hydrogens (tertiary/aromatic N) is 1. The van der Waals surface area contributed by atoms with Crippen LogP contribution in [-0.2, 0) is 6.42 Å². The van der Waals surface area contributed by atoms with Gasteiger partial charge in [0.1, 0.15) is 5.82 Å². The van der Waals surface area contributed by atoms with E-state index in [4.69, 9.17) is 0 Å². The maximum Gasteiger partial charge on any atom is 0.156 e. The highest BCUT2D eigenvalue weighted by Gasteiger charge is 2.19. The second kappa shape index (κ2) is 6.94. The van der Waals surface area contributed by atoms with Crippen LogP contribution in [-0.4, -0.2) is 23.5 Å². The van der Waals surface area contributed by atoms with Gasteiger partial charge in [-0.3, -0.25) is 4.99 Å². The lowest BCUT2D eigenvalue weighted by Gasteiger charge is -2.11. The number of hydrogen-bond donors (Lipinski definition) is 1. The van der Waals surface area contributed by atoms with Gasteiger partial charge in [-0.2, -0.15) is 0 Å². The van der Waals surface area contributed by atoms with E-state index in [9.17, 15) is 4.39 Å². The minimum absolute atomic E-state index is 0.177. The summed E-state index contributed by atoms with van der Waals surface area (Å²) in [4.78, 5) is 4.52. The van der Waals surface area contributed by atoms with Crippen molar-refractivity contribution in [1.29, 1.82) is 0 Å². The Bertz CT molecular complexity index is 428. The van der Waals surface area contributed by atoms with Crippen molar-refractivity contribution >= 4 is 16.9 Å². The average Bonchev–Trinajstić information content (AvgIpc) is 2.78. The fraction of sp³-hybridized carbons (Fsp3) is 0.533. The minimum Gasteiger partial charge on any atom is -0.365 e. The molecule has 0 bridgehead atoms. The van der Waals surface area contributed by atoms with Crippen molar-refractivity contribution in [2.75, 3.05) is 13.1 Å². The zero-order chi connectivity index (χ0) is 13.7. The first-order valence-corrected chi connectivity index (χ1v) is 7.71. The van der Waals surface area contributed by atoms with Gasteiger partial charge >= 0.3 is 0 Å². The van der Waals surface area contributed by atoms with Gasteiger partial charge in [0.15, 0.2) is 5.17 Å². The molecule has 1 heterocycles. The van der Waals surface area contributed by atoms with Gasteiger partial charge in [0, 0.05) is 11.8 Å². The molecule has 1 aromatic carbocycles. The molecule has 0 saturated carbocycles. The molecular formula is C15H21FN2S. The number of aliphatic imine (C=N–C) groups is 1. The second-order valence-corrected chi connectivity index (χ2v) is 6.61. The Balaban J connectivity index is 1.68. The summed E-state index contributed by atoms with van der Waals surface area (Å²) >= 11 is 1.86. The van der Waals surface area contributed by atoms with E-state index in [-0.39, 0.29) is 5.82 Å². The van der Waals surface area contributed by atoms with Crippen molar-refractivity contribution in [3.63, 3.8) is 0 Å². The SMILES string of the molecule is CC(C)CC1CN=C(NCCc2ccc(F)cc2)S1. The van der Waals surface area contributed by atoms with Gasteiger partial charge < -0.3 is 5.32 Å². The van der Waals surface area contributed by atoms with Gasteiger partial charge in [0.05, 0.1) is 6.54 Å². The highest BCUT2D eigenvalue weighted by Crippen LogP contribution is 2.25. The Morgan fingerprint density at radius 1 is 1.37 bits per heavy atom. The molecule has 0 amide bonds. The molecule has 1 unspecified atom stereocenters. The standard InChI is InChI=1S/C15H21FN2S/c1-11(2)9-14-10-18-15(19-14)17-8-7-12-3-5-13(16)6-4-12/h3-6,11,14H,7-10H2,1-2H3,(H,17,18). The summed E-state index contributed by atoms with van der Waals surface area (Å²) in [5, 5.41) is 5.06. The topological polar surface area (TPSA) is 24.4 Å². The van der Waals surface area contributed by atoms with Crippen LogP contribution in [0.4, 0.5) is 4.39 Å². The molecule has 1 atom stereocenters. The van der Waals surface area contributed by atoms with E-state index < -0.39 is 0 Å². The van der Waals surface area contributed by atoms with Crippen LogP contribution in [0.3, 0.4) is 0 Å². The van der Waals surface area contributed by atoms with E-state index in [1.807, 2.05) is 23.9 Å². The van der Waals surface area contributed by atoms with Gasteiger partial charge in [-0.25, -0.2) is 4.39 Å². The summed E-state index contributed by atoms with van der Waals surface area (Å²) < 4.78 is 12.8. The van der Waals surface area contributed by atoms with Crippen molar-refractivity contribution in [1.82, 2.24) is 5.32 Å². The molecule has 0 saturated heterocycles. The molecule has 0 fully saturated rings. The predicted molar refractivity (Wildman–Crippen MR) is 81.2 cm³/mol. The van der Waals surface area contributed by atoms with Crippen molar-refractivity contribution in [2.24, 2.45) is 10.9 Å². The number of rotatable bonds is 5. The highest BCUT2D eigenvalue weighted by atomic mass is 32.2. The molecular weight excluding hydrogens is 259 g/mol. The maximum atomic E-state index is 12.8. The first-order valence-electron chi connectivity index (χ1n) is 6.83. The lowest BCUT2D eigenvalue weighted by molar-refractivity contribution is 0.575. The first-order chi connectivity index (χ1) is 9.13. The number of amidine groups is 1. The second-order valence-electron chi connectivity index (χ2n) is 5.32. The maximum absolute atomic E-state index is 12.8. The van der Waals surface area contributed by atoms with Crippen LogP contribution in [0.5, 0.6) is 0 Å². The zero-order valence-electron chi connectivity index (χ0n) is 11.5. The van der Waals surface area contributed by atoms with Gasteiger partial charge in [-0.15, -0.1) is 0 Å². The third kappa shape index (κ3) is 4.86. The van der Waals surface area contributed by atoms with Crippen molar-refractivity contribution < 1.29 is 4.39 Å². The van der Waals surface area contributed by atoms with Gasteiger partial charge in [-0.05, 0) is 36.5 Å². The van der Waals surface area contributed by atoms with E-state index in [0.29, 0.717) is 5.25 Å². The summed E-state index contributed by atoms with van der Waals surface area (Å²) in [6.45, 7) is 6.29. The van der Waals surface area contributed by atoms with Crippen LogP contribution in [0.1, 0.15) is 25.8 Å². The monoisotopic (exact) mass is 280 g/mol. The molecule has 2 nitrogen and oxygen atoms in total. The van der Waals surface area contributed by atoms with Gasteiger partial charge in [0.25, 0.3) is 0 Å². The number of nitrogens with one attached hydrogen (secondary N) is 1. The molecule has 1 N–H and O–H groups in total. The minimum atomic E-state index is -0.177. The third-order valence-corrected chi connectivity index (χ3v) is 4.23. The van der Waals surface area contributed by atoms with Crippen molar-refractivity contribution in [2.45, 2.75) is 31.9 Å². The van der Waals surface area contributed by atoms with E-state index in [1.54, 1.807) is 0 Å². The number of hydrogen-bond acceptors (Lipinski definition) is 3. The number of halogens is 1. The molecule has 104 valence electrons. The summed E-state index contributed by atoms with van der Waals surface area (Å²) in [6, 6.07) is 6.69. The third-order valence-electron chi connectivity index (χ3n) is 3.05. The van der Waals surface area contributed by atoms with Crippen LogP contribution in [0.2, 0.25) is 0 Å². The van der Waals surface area contributed by atoms with Crippen LogP contribution in [0.25, 0.3) is 0 Å². The lowest BCUT2D eigenvalue weighted by atomic mass is 10.1. The highest BCUT2D eigenvalue weighted by molar-refractivity contribution is 8.14.